The summed E-state index contributed by atoms with van der Waals surface area (Å²) < 4.78 is 28.0. The molecule has 0 N–H and O–H groups in total. The molecule has 1 heterocycles. The molecule has 0 bridgehead atoms. The van der Waals surface area contributed by atoms with E-state index in [2.05, 4.69) is 0 Å². The summed E-state index contributed by atoms with van der Waals surface area (Å²) in [5, 5.41) is 0. The first kappa shape index (κ1) is 11.6. The van der Waals surface area contributed by atoms with E-state index in [0.29, 0.717) is 25.2 Å². The lowest BCUT2D eigenvalue weighted by molar-refractivity contribution is 0.161. The third-order valence-corrected chi connectivity index (χ3v) is 3.84. The van der Waals surface area contributed by atoms with Crippen LogP contribution in [0.1, 0.15) is 12.0 Å². The molecule has 1 aliphatic heterocycles. The minimum Gasteiger partial charge on any atom is -0.377 e. The minimum absolute atomic E-state index is 0.171. The first-order chi connectivity index (χ1) is 7.59. The molecule has 1 aliphatic rings. The van der Waals surface area contributed by atoms with Crippen LogP contribution >= 0.6 is 10.7 Å². The topological polar surface area (TPSA) is 43.4 Å². The highest BCUT2D eigenvalue weighted by Crippen LogP contribution is 2.29. The van der Waals surface area contributed by atoms with E-state index in [1.807, 2.05) is 6.08 Å². The van der Waals surface area contributed by atoms with E-state index < -0.39 is 9.05 Å². The van der Waals surface area contributed by atoms with Crippen LogP contribution in [0.25, 0.3) is 5.57 Å². The van der Waals surface area contributed by atoms with E-state index in [4.69, 9.17) is 15.4 Å². The minimum atomic E-state index is -3.69. The Balaban J connectivity index is 2.52. The predicted octanol–water partition coefficient (Wildman–Crippen LogP) is 2.42. The Morgan fingerprint density at radius 3 is 2.62 bits per heavy atom. The van der Waals surface area contributed by atoms with Gasteiger partial charge in [-0.25, -0.2) is 8.42 Å². The zero-order valence-electron chi connectivity index (χ0n) is 8.52. The second kappa shape index (κ2) is 4.57. The largest absolute Gasteiger partial charge is 0.377 e. The van der Waals surface area contributed by atoms with Gasteiger partial charge in [-0.05, 0) is 23.6 Å². The molecule has 0 aromatic heterocycles. The van der Waals surface area contributed by atoms with Gasteiger partial charge >= 0.3 is 0 Å². The van der Waals surface area contributed by atoms with Gasteiger partial charge < -0.3 is 4.74 Å². The summed E-state index contributed by atoms with van der Waals surface area (Å²) in [6.07, 6.45) is 2.60. The van der Waals surface area contributed by atoms with E-state index >= 15 is 0 Å². The van der Waals surface area contributed by atoms with Crippen molar-refractivity contribution in [2.45, 2.75) is 11.3 Å². The summed E-state index contributed by atoms with van der Waals surface area (Å²) in [6, 6.07) is 6.76. The lowest BCUT2D eigenvalue weighted by Gasteiger charge is -2.15. The zero-order valence-corrected chi connectivity index (χ0v) is 10.1. The van der Waals surface area contributed by atoms with Crippen LogP contribution in [-0.2, 0) is 13.8 Å². The molecular formula is C11H11ClO3S. The molecule has 0 fully saturated rings. The summed E-state index contributed by atoms with van der Waals surface area (Å²) in [5.41, 5.74) is 1.66. The second-order valence-corrected chi connectivity index (χ2v) is 6.02. The molecule has 0 atom stereocenters. The Bertz CT molecular complexity index is 520. The van der Waals surface area contributed by atoms with Gasteiger partial charge in [0.15, 0.2) is 0 Å². The smallest absolute Gasteiger partial charge is 0.261 e. The van der Waals surface area contributed by atoms with E-state index in [-0.39, 0.29) is 4.90 Å². The third kappa shape index (κ3) is 2.45. The normalized spacial score (nSPS) is 16.9. The van der Waals surface area contributed by atoms with Crippen molar-refractivity contribution in [1.29, 1.82) is 0 Å². The van der Waals surface area contributed by atoms with Gasteiger partial charge in [-0.3, -0.25) is 0 Å². The monoisotopic (exact) mass is 258 g/mol. The molecule has 0 saturated carbocycles. The van der Waals surface area contributed by atoms with E-state index in [0.717, 1.165) is 5.57 Å². The Labute approximate surface area is 99.1 Å². The Hall–Kier alpha value is -0.840. The van der Waals surface area contributed by atoms with Crippen molar-refractivity contribution in [3.05, 3.63) is 35.9 Å². The van der Waals surface area contributed by atoms with Gasteiger partial charge in [0.25, 0.3) is 9.05 Å². The summed E-state index contributed by atoms with van der Waals surface area (Å²) in [4.78, 5) is 0.171. The zero-order chi connectivity index (χ0) is 11.6. The molecule has 3 nitrogen and oxygen atoms in total. The van der Waals surface area contributed by atoms with Crippen molar-refractivity contribution in [3.63, 3.8) is 0 Å². The Morgan fingerprint density at radius 1 is 1.25 bits per heavy atom. The Morgan fingerprint density at radius 2 is 2.00 bits per heavy atom. The van der Waals surface area contributed by atoms with Crippen molar-refractivity contribution in [1.82, 2.24) is 0 Å². The van der Waals surface area contributed by atoms with Crippen LogP contribution in [0.2, 0.25) is 0 Å². The quantitative estimate of drug-likeness (QED) is 0.765. The molecule has 0 spiro atoms. The maximum absolute atomic E-state index is 11.4. The van der Waals surface area contributed by atoms with Gasteiger partial charge in [0.05, 0.1) is 18.1 Å². The van der Waals surface area contributed by atoms with E-state index in [1.165, 1.54) is 6.07 Å². The molecule has 0 amide bonds. The van der Waals surface area contributed by atoms with Crippen LogP contribution in [0.15, 0.2) is 35.2 Å². The van der Waals surface area contributed by atoms with Crippen molar-refractivity contribution >= 4 is 25.3 Å². The molecule has 5 heteroatoms. The maximum atomic E-state index is 11.4. The van der Waals surface area contributed by atoms with Crippen LogP contribution in [0.3, 0.4) is 0 Å². The van der Waals surface area contributed by atoms with E-state index in [9.17, 15) is 8.42 Å². The maximum Gasteiger partial charge on any atom is 0.261 e. The lowest BCUT2D eigenvalue weighted by Crippen LogP contribution is -2.06. The SMILES string of the molecule is O=S(=O)(Cl)c1ccccc1C1=CCOCC1. The second-order valence-electron chi connectivity index (χ2n) is 3.49. The van der Waals surface area contributed by atoms with Crippen LogP contribution < -0.4 is 0 Å². The first-order valence-corrected chi connectivity index (χ1v) is 7.21. The van der Waals surface area contributed by atoms with Crippen LogP contribution in [0.5, 0.6) is 0 Å². The number of rotatable bonds is 2. The predicted molar refractivity (Wildman–Crippen MR) is 62.9 cm³/mol. The van der Waals surface area contributed by atoms with Crippen LogP contribution in [-0.4, -0.2) is 21.6 Å². The lowest BCUT2D eigenvalue weighted by atomic mass is 10.0. The van der Waals surface area contributed by atoms with E-state index in [1.54, 1.807) is 18.2 Å². The van der Waals surface area contributed by atoms with Gasteiger partial charge in [0.2, 0.25) is 0 Å². The van der Waals surface area contributed by atoms with Crippen molar-refractivity contribution in [2.75, 3.05) is 13.2 Å². The molecular weight excluding hydrogens is 248 g/mol. The standard InChI is InChI=1S/C11H11ClO3S/c12-16(13,14)11-4-2-1-3-10(11)9-5-7-15-8-6-9/h1-5H,6-8H2. The fraction of sp³-hybridized carbons (Fsp3) is 0.273. The third-order valence-electron chi connectivity index (χ3n) is 2.46. The summed E-state index contributed by atoms with van der Waals surface area (Å²) in [6.45, 7) is 1.13. The molecule has 1 aromatic carbocycles. The molecule has 1 aromatic rings. The molecule has 0 unspecified atom stereocenters. The highest BCUT2D eigenvalue weighted by molar-refractivity contribution is 8.13. The molecule has 0 radical (unpaired) electrons. The first-order valence-electron chi connectivity index (χ1n) is 4.90. The number of hydrogen-bond donors (Lipinski definition) is 0. The van der Waals surface area contributed by atoms with Gasteiger partial charge in [0.1, 0.15) is 0 Å². The molecule has 86 valence electrons. The summed E-state index contributed by atoms with van der Waals surface area (Å²) >= 11 is 0. The number of ether oxygens (including phenoxy) is 1. The molecule has 16 heavy (non-hydrogen) atoms. The van der Waals surface area contributed by atoms with Gasteiger partial charge in [-0.2, -0.15) is 0 Å². The number of benzene rings is 1. The van der Waals surface area contributed by atoms with Crippen molar-refractivity contribution in [3.8, 4) is 0 Å². The average Bonchev–Trinajstić information content (AvgIpc) is 2.29. The number of halogens is 1. The summed E-state index contributed by atoms with van der Waals surface area (Å²) in [5.74, 6) is 0. The fourth-order valence-corrected chi connectivity index (χ4v) is 2.82. The average molecular weight is 259 g/mol. The fourth-order valence-electron chi connectivity index (χ4n) is 1.72. The summed E-state index contributed by atoms with van der Waals surface area (Å²) in [7, 11) is 1.70. The molecule has 0 saturated heterocycles. The Kier molecular flexibility index (Phi) is 3.33. The highest BCUT2D eigenvalue weighted by atomic mass is 35.7. The van der Waals surface area contributed by atoms with Gasteiger partial charge in [0, 0.05) is 10.7 Å². The highest BCUT2D eigenvalue weighted by Gasteiger charge is 2.18. The van der Waals surface area contributed by atoms with Crippen LogP contribution in [0, 0.1) is 0 Å². The van der Waals surface area contributed by atoms with Gasteiger partial charge in [-0.1, -0.05) is 24.3 Å². The number of hydrogen-bond acceptors (Lipinski definition) is 3. The molecule has 2 rings (SSSR count). The van der Waals surface area contributed by atoms with Crippen LogP contribution in [0.4, 0.5) is 0 Å². The molecule has 0 aliphatic carbocycles. The van der Waals surface area contributed by atoms with Crippen molar-refractivity contribution < 1.29 is 13.2 Å². The van der Waals surface area contributed by atoms with Crippen molar-refractivity contribution in [2.24, 2.45) is 0 Å². The van der Waals surface area contributed by atoms with Gasteiger partial charge in [-0.15, -0.1) is 0 Å².